The van der Waals surface area contributed by atoms with E-state index in [1.807, 2.05) is 12.1 Å². The molecule has 1 heterocycles. The van der Waals surface area contributed by atoms with Crippen LogP contribution < -0.4 is 20.7 Å². The fourth-order valence-corrected chi connectivity index (χ4v) is 4.63. The van der Waals surface area contributed by atoms with Gasteiger partial charge in [-0.3, -0.25) is 14.4 Å². The van der Waals surface area contributed by atoms with E-state index in [0.717, 1.165) is 4.90 Å². The summed E-state index contributed by atoms with van der Waals surface area (Å²) in [5.41, 5.74) is 1.68. The minimum atomic E-state index is -0.508. The van der Waals surface area contributed by atoms with Crippen molar-refractivity contribution in [3.8, 4) is 5.75 Å². The largest absolute Gasteiger partial charge is 0.497 e. The Hall–Kier alpha value is -4.60. The van der Waals surface area contributed by atoms with Crippen LogP contribution in [0.15, 0.2) is 108 Å². The summed E-state index contributed by atoms with van der Waals surface area (Å²) in [6.07, 6.45) is 3.05. The lowest BCUT2D eigenvalue weighted by Crippen LogP contribution is -2.30. The molecule has 41 heavy (non-hydrogen) atoms. The molecule has 3 N–H and O–H groups in total. The van der Waals surface area contributed by atoms with E-state index in [1.54, 1.807) is 99.0 Å². The highest BCUT2D eigenvalue weighted by molar-refractivity contribution is 8.00. The van der Waals surface area contributed by atoms with E-state index in [9.17, 15) is 14.4 Å². The smallest absolute Gasteiger partial charge is 0.272 e. The number of benzene rings is 3. The molecule has 4 rings (SSSR count). The Morgan fingerprint density at radius 1 is 0.927 bits per heavy atom. The van der Waals surface area contributed by atoms with Crippen molar-refractivity contribution in [3.05, 3.63) is 119 Å². The van der Waals surface area contributed by atoms with Crippen molar-refractivity contribution in [2.24, 2.45) is 0 Å². The Bertz CT molecular complexity index is 1540. The molecule has 0 spiro atoms. The molecule has 0 aliphatic carbocycles. The molecule has 0 saturated carbocycles. The Morgan fingerprint density at radius 2 is 1.68 bits per heavy atom. The zero-order valence-electron chi connectivity index (χ0n) is 22.3. The SMILES string of the molecule is COc1ccc(/C=C(/NC(=O)c2ccccc2)C(=O)Nc2cccc(SC(C)C(=O)Nc3ccc(Cl)cn3)c2)cc1. The van der Waals surface area contributed by atoms with Gasteiger partial charge < -0.3 is 20.7 Å². The summed E-state index contributed by atoms with van der Waals surface area (Å²) >= 11 is 7.18. The van der Waals surface area contributed by atoms with E-state index in [1.165, 1.54) is 18.0 Å². The van der Waals surface area contributed by atoms with Crippen molar-refractivity contribution in [1.82, 2.24) is 10.3 Å². The first-order valence-corrected chi connectivity index (χ1v) is 13.8. The second-order valence-electron chi connectivity index (χ2n) is 8.74. The molecule has 0 aliphatic heterocycles. The number of anilines is 2. The van der Waals surface area contributed by atoms with E-state index in [-0.39, 0.29) is 11.6 Å². The van der Waals surface area contributed by atoms with Gasteiger partial charge >= 0.3 is 0 Å². The third-order valence-electron chi connectivity index (χ3n) is 5.71. The van der Waals surface area contributed by atoms with Gasteiger partial charge in [-0.25, -0.2) is 4.98 Å². The lowest BCUT2D eigenvalue weighted by Gasteiger charge is -2.14. The normalized spacial score (nSPS) is 11.7. The molecule has 0 fully saturated rings. The van der Waals surface area contributed by atoms with Gasteiger partial charge in [-0.1, -0.05) is 48.0 Å². The van der Waals surface area contributed by atoms with Crippen molar-refractivity contribution in [2.45, 2.75) is 17.1 Å². The Morgan fingerprint density at radius 3 is 2.37 bits per heavy atom. The van der Waals surface area contributed by atoms with Crippen molar-refractivity contribution in [3.63, 3.8) is 0 Å². The molecule has 208 valence electrons. The number of rotatable bonds is 10. The maximum Gasteiger partial charge on any atom is 0.272 e. The first kappa shape index (κ1) is 29.4. The molecule has 8 nitrogen and oxygen atoms in total. The van der Waals surface area contributed by atoms with Crippen LogP contribution in [0.25, 0.3) is 6.08 Å². The fraction of sp³-hybridized carbons (Fsp3) is 0.0968. The fourth-order valence-electron chi connectivity index (χ4n) is 3.59. The van der Waals surface area contributed by atoms with Gasteiger partial charge in [-0.05, 0) is 73.2 Å². The van der Waals surface area contributed by atoms with Crippen LogP contribution in [0.4, 0.5) is 11.5 Å². The number of hydrogen-bond acceptors (Lipinski definition) is 6. The van der Waals surface area contributed by atoms with Crippen LogP contribution in [0.5, 0.6) is 5.75 Å². The maximum absolute atomic E-state index is 13.4. The number of hydrogen-bond donors (Lipinski definition) is 3. The number of thioether (sulfide) groups is 1. The number of carbonyl (C=O) groups is 3. The predicted octanol–water partition coefficient (Wildman–Crippen LogP) is 6.27. The van der Waals surface area contributed by atoms with Gasteiger partial charge in [-0.15, -0.1) is 11.8 Å². The van der Waals surface area contributed by atoms with Crippen LogP contribution in [0.1, 0.15) is 22.8 Å². The molecular formula is C31H27ClN4O4S. The lowest BCUT2D eigenvalue weighted by molar-refractivity contribution is -0.115. The molecule has 3 aromatic carbocycles. The van der Waals surface area contributed by atoms with E-state index in [2.05, 4.69) is 20.9 Å². The molecule has 1 aromatic heterocycles. The summed E-state index contributed by atoms with van der Waals surface area (Å²) in [7, 11) is 1.57. The van der Waals surface area contributed by atoms with Gasteiger partial charge in [0.05, 0.1) is 17.4 Å². The number of amides is 3. The number of methoxy groups -OCH3 is 1. The van der Waals surface area contributed by atoms with Gasteiger partial charge in [-0.2, -0.15) is 0 Å². The number of nitrogens with zero attached hydrogens (tertiary/aromatic N) is 1. The molecular weight excluding hydrogens is 560 g/mol. The predicted molar refractivity (Wildman–Crippen MR) is 163 cm³/mol. The molecule has 1 unspecified atom stereocenters. The van der Waals surface area contributed by atoms with Crippen LogP contribution in [0, 0.1) is 0 Å². The zero-order valence-corrected chi connectivity index (χ0v) is 23.8. The van der Waals surface area contributed by atoms with E-state index >= 15 is 0 Å². The van der Waals surface area contributed by atoms with E-state index in [0.29, 0.717) is 33.4 Å². The van der Waals surface area contributed by atoms with Gasteiger partial charge in [0, 0.05) is 22.3 Å². The minimum absolute atomic E-state index is 0.0605. The third-order valence-corrected chi connectivity index (χ3v) is 7.03. The van der Waals surface area contributed by atoms with Crippen LogP contribution >= 0.6 is 23.4 Å². The number of ether oxygens (including phenoxy) is 1. The minimum Gasteiger partial charge on any atom is -0.497 e. The quantitative estimate of drug-likeness (QED) is 0.149. The number of aromatic nitrogens is 1. The summed E-state index contributed by atoms with van der Waals surface area (Å²) in [6, 6.07) is 26.1. The molecule has 0 saturated heterocycles. The molecule has 0 aliphatic rings. The molecule has 0 radical (unpaired) electrons. The summed E-state index contributed by atoms with van der Waals surface area (Å²) in [5.74, 6) is -0.0796. The van der Waals surface area contributed by atoms with Gasteiger partial charge in [0.25, 0.3) is 11.8 Å². The zero-order chi connectivity index (χ0) is 29.2. The van der Waals surface area contributed by atoms with Crippen molar-refractivity contribution in [1.29, 1.82) is 0 Å². The van der Waals surface area contributed by atoms with Crippen molar-refractivity contribution < 1.29 is 19.1 Å². The van der Waals surface area contributed by atoms with Gasteiger partial charge in [0.1, 0.15) is 17.3 Å². The van der Waals surface area contributed by atoms with Crippen molar-refractivity contribution >= 4 is 58.7 Å². The summed E-state index contributed by atoms with van der Waals surface area (Å²) in [6.45, 7) is 1.77. The highest BCUT2D eigenvalue weighted by Gasteiger charge is 2.18. The number of nitrogens with one attached hydrogen (secondary N) is 3. The summed E-state index contributed by atoms with van der Waals surface area (Å²) in [4.78, 5) is 43.8. The summed E-state index contributed by atoms with van der Waals surface area (Å²) in [5, 5.41) is 8.36. The molecule has 4 aromatic rings. The second kappa shape index (κ2) is 14.2. The number of pyridine rings is 1. The van der Waals surface area contributed by atoms with Crippen LogP contribution in [-0.2, 0) is 9.59 Å². The number of halogens is 1. The van der Waals surface area contributed by atoms with Gasteiger partial charge in [0.15, 0.2) is 0 Å². The Kier molecular flexibility index (Phi) is 10.1. The molecule has 3 amide bonds. The molecule has 1 atom stereocenters. The van der Waals surface area contributed by atoms with Crippen LogP contribution in [0.2, 0.25) is 5.02 Å². The van der Waals surface area contributed by atoms with E-state index < -0.39 is 17.1 Å². The third kappa shape index (κ3) is 8.69. The maximum atomic E-state index is 13.4. The lowest BCUT2D eigenvalue weighted by atomic mass is 10.1. The first-order valence-electron chi connectivity index (χ1n) is 12.5. The Balaban J connectivity index is 1.48. The average Bonchev–Trinajstić information content (AvgIpc) is 2.99. The first-order chi connectivity index (χ1) is 19.8. The average molecular weight is 587 g/mol. The standard InChI is InChI=1S/C31H27ClN4O4S/c1-20(29(37)36-28-16-13-23(32)19-33-28)41-26-10-6-9-24(18-26)34-31(39)27(17-21-11-14-25(40-2)15-12-21)35-30(38)22-7-4-3-5-8-22/h3-20H,1-2H3,(H,34,39)(H,35,38)(H,33,36,37)/b27-17+. The molecule has 10 heteroatoms. The topological polar surface area (TPSA) is 109 Å². The van der Waals surface area contributed by atoms with E-state index in [4.69, 9.17) is 16.3 Å². The summed E-state index contributed by atoms with van der Waals surface area (Å²) < 4.78 is 5.21. The van der Waals surface area contributed by atoms with Crippen molar-refractivity contribution in [2.75, 3.05) is 17.7 Å². The molecule has 0 bridgehead atoms. The number of carbonyl (C=O) groups excluding carboxylic acids is 3. The monoisotopic (exact) mass is 586 g/mol. The van der Waals surface area contributed by atoms with Crippen LogP contribution in [0.3, 0.4) is 0 Å². The Labute approximate surface area is 247 Å². The van der Waals surface area contributed by atoms with Crippen LogP contribution in [-0.4, -0.2) is 35.1 Å². The second-order valence-corrected chi connectivity index (χ2v) is 10.6. The van der Waals surface area contributed by atoms with Gasteiger partial charge in [0.2, 0.25) is 5.91 Å². The highest BCUT2D eigenvalue weighted by atomic mass is 35.5. The highest BCUT2D eigenvalue weighted by Crippen LogP contribution is 2.27.